The summed E-state index contributed by atoms with van der Waals surface area (Å²) in [5.74, 6) is 0.526. The van der Waals surface area contributed by atoms with Crippen LogP contribution in [0.2, 0.25) is 0 Å². The molecule has 0 heterocycles. The minimum Gasteiger partial charge on any atom is -0.468 e. The van der Waals surface area contributed by atoms with Crippen molar-refractivity contribution < 1.29 is 9.53 Å². The number of thioether (sulfide) groups is 1. The van der Waals surface area contributed by atoms with E-state index in [0.29, 0.717) is 5.75 Å². The highest BCUT2D eigenvalue weighted by Crippen LogP contribution is 2.41. The average molecular weight is 330 g/mol. The van der Waals surface area contributed by atoms with Crippen molar-refractivity contribution in [3.63, 3.8) is 0 Å². The summed E-state index contributed by atoms with van der Waals surface area (Å²) in [6.07, 6.45) is 2.04. The van der Waals surface area contributed by atoms with Crippen molar-refractivity contribution >= 4 is 33.7 Å². The number of rotatable bonds is 5. The van der Waals surface area contributed by atoms with Crippen LogP contribution in [0, 0.1) is 5.92 Å². The standard InChI is InChI=1S/C13H16BrNO2S/c1-17-12(16)13(15,9-5-6-9)8-18-11-4-2-3-10(14)7-11/h2-4,7,9H,5-6,8,15H2,1H3. The summed E-state index contributed by atoms with van der Waals surface area (Å²) < 4.78 is 5.87. The minimum absolute atomic E-state index is 0.268. The molecule has 1 atom stereocenters. The number of halogens is 1. The highest BCUT2D eigenvalue weighted by atomic mass is 79.9. The maximum Gasteiger partial charge on any atom is 0.327 e. The Balaban J connectivity index is 2.04. The van der Waals surface area contributed by atoms with Gasteiger partial charge in [0.2, 0.25) is 0 Å². The molecule has 2 N–H and O–H groups in total. The van der Waals surface area contributed by atoms with E-state index < -0.39 is 5.54 Å². The number of ether oxygens (including phenoxy) is 1. The molecule has 5 heteroatoms. The van der Waals surface area contributed by atoms with Gasteiger partial charge in [0.1, 0.15) is 5.54 Å². The van der Waals surface area contributed by atoms with Gasteiger partial charge in [-0.1, -0.05) is 22.0 Å². The van der Waals surface area contributed by atoms with Crippen molar-refractivity contribution in [2.75, 3.05) is 12.9 Å². The van der Waals surface area contributed by atoms with Gasteiger partial charge in [-0.15, -0.1) is 11.8 Å². The van der Waals surface area contributed by atoms with E-state index in [1.54, 1.807) is 11.8 Å². The first-order chi connectivity index (χ1) is 8.56. The fourth-order valence-corrected chi connectivity index (χ4v) is 3.59. The van der Waals surface area contributed by atoms with Crippen LogP contribution in [0.25, 0.3) is 0 Å². The highest BCUT2D eigenvalue weighted by Gasteiger charge is 2.48. The van der Waals surface area contributed by atoms with E-state index in [2.05, 4.69) is 15.9 Å². The first-order valence-corrected chi connectivity index (χ1v) is 7.60. The van der Waals surface area contributed by atoms with Crippen molar-refractivity contribution in [3.05, 3.63) is 28.7 Å². The molecule has 0 amide bonds. The Kier molecular flexibility index (Phi) is 4.35. The first-order valence-electron chi connectivity index (χ1n) is 5.82. The van der Waals surface area contributed by atoms with E-state index in [1.807, 2.05) is 24.3 Å². The molecule has 1 aromatic carbocycles. The van der Waals surface area contributed by atoms with Gasteiger partial charge in [-0.25, -0.2) is 0 Å². The molecule has 0 bridgehead atoms. The summed E-state index contributed by atoms with van der Waals surface area (Å²) in [4.78, 5) is 12.9. The smallest absolute Gasteiger partial charge is 0.327 e. The number of carbonyl (C=O) groups excluding carboxylic acids is 1. The van der Waals surface area contributed by atoms with Crippen molar-refractivity contribution in [2.24, 2.45) is 11.7 Å². The maximum atomic E-state index is 11.8. The second kappa shape index (κ2) is 5.63. The number of esters is 1. The molecule has 0 radical (unpaired) electrons. The monoisotopic (exact) mass is 329 g/mol. The molecule has 1 aliphatic rings. The van der Waals surface area contributed by atoms with E-state index in [-0.39, 0.29) is 11.9 Å². The summed E-state index contributed by atoms with van der Waals surface area (Å²) in [5.41, 5.74) is 5.39. The summed E-state index contributed by atoms with van der Waals surface area (Å²) in [7, 11) is 1.40. The zero-order valence-corrected chi connectivity index (χ0v) is 12.6. The second-order valence-corrected chi connectivity index (χ2v) is 6.52. The third kappa shape index (κ3) is 3.08. The molecule has 2 rings (SSSR count). The van der Waals surface area contributed by atoms with Crippen LogP contribution in [0.1, 0.15) is 12.8 Å². The van der Waals surface area contributed by atoms with Crippen molar-refractivity contribution in [1.82, 2.24) is 0 Å². The van der Waals surface area contributed by atoms with Crippen molar-refractivity contribution in [2.45, 2.75) is 23.3 Å². The summed E-state index contributed by atoms with van der Waals surface area (Å²) >= 11 is 5.03. The number of methoxy groups -OCH3 is 1. The molecular formula is C13H16BrNO2S. The lowest BCUT2D eigenvalue weighted by Gasteiger charge is -2.25. The van der Waals surface area contributed by atoms with Crippen LogP contribution in [-0.2, 0) is 9.53 Å². The van der Waals surface area contributed by atoms with E-state index in [0.717, 1.165) is 22.2 Å². The van der Waals surface area contributed by atoms with Crippen LogP contribution in [-0.4, -0.2) is 24.4 Å². The topological polar surface area (TPSA) is 52.3 Å². The predicted molar refractivity (Wildman–Crippen MR) is 76.5 cm³/mol. The third-order valence-corrected chi connectivity index (χ3v) is 4.85. The van der Waals surface area contributed by atoms with Gasteiger partial charge < -0.3 is 10.5 Å². The van der Waals surface area contributed by atoms with E-state index in [4.69, 9.17) is 10.5 Å². The Morgan fingerprint density at radius 3 is 2.89 bits per heavy atom. The van der Waals surface area contributed by atoms with Crippen molar-refractivity contribution in [3.8, 4) is 0 Å². The number of hydrogen-bond acceptors (Lipinski definition) is 4. The Morgan fingerprint density at radius 1 is 1.61 bits per heavy atom. The molecule has 98 valence electrons. The van der Waals surface area contributed by atoms with Crippen LogP contribution < -0.4 is 5.73 Å². The number of hydrogen-bond donors (Lipinski definition) is 1. The van der Waals surface area contributed by atoms with E-state index in [1.165, 1.54) is 7.11 Å². The van der Waals surface area contributed by atoms with Crippen LogP contribution >= 0.6 is 27.7 Å². The van der Waals surface area contributed by atoms with Gasteiger partial charge in [0.05, 0.1) is 7.11 Å². The van der Waals surface area contributed by atoms with Gasteiger partial charge in [0.25, 0.3) is 0 Å². The fourth-order valence-electron chi connectivity index (χ4n) is 1.89. The normalized spacial score (nSPS) is 18.2. The van der Waals surface area contributed by atoms with E-state index in [9.17, 15) is 4.79 Å². The molecular weight excluding hydrogens is 314 g/mol. The highest BCUT2D eigenvalue weighted by molar-refractivity contribution is 9.10. The number of nitrogens with two attached hydrogens (primary N) is 1. The van der Waals surface area contributed by atoms with Gasteiger partial charge in [-0.05, 0) is 37.0 Å². The molecule has 1 unspecified atom stereocenters. The SMILES string of the molecule is COC(=O)C(N)(CSc1cccc(Br)c1)C1CC1. The van der Waals surface area contributed by atoms with E-state index >= 15 is 0 Å². The predicted octanol–water partition coefficient (Wildman–Crippen LogP) is 2.82. The molecule has 0 saturated heterocycles. The molecule has 1 fully saturated rings. The Hall–Kier alpha value is -0.520. The summed E-state index contributed by atoms with van der Waals surface area (Å²) in [6.45, 7) is 0. The quantitative estimate of drug-likeness (QED) is 0.666. The molecule has 0 aromatic heterocycles. The zero-order chi connectivity index (χ0) is 13.2. The van der Waals surface area contributed by atoms with Gasteiger partial charge in [0, 0.05) is 15.1 Å². The maximum absolute atomic E-state index is 11.8. The van der Waals surface area contributed by atoms with Crippen LogP contribution in [0.5, 0.6) is 0 Å². The molecule has 1 aliphatic carbocycles. The molecule has 18 heavy (non-hydrogen) atoms. The summed E-state index contributed by atoms with van der Waals surface area (Å²) in [6, 6.07) is 7.98. The van der Waals surface area contributed by atoms with Crippen LogP contribution in [0.3, 0.4) is 0 Å². The third-order valence-electron chi connectivity index (χ3n) is 3.15. The molecule has 1 saturated carbocycles. The average Bonchev–Trinajstić information content (AvgIpc) is 3.19. The zero-order valence-electron chi connectivity index (χ0n) is 10.2. The molecule has 3 nitrogen and oxygen atoms in total. The Morgan fingerprint density at radius 2 is 2.33 bits per heavy atom. The van der Waals surface area contributed by atoms with Gasteiger partial charge >= 0.3 is 5.97 Å². The first kappa shape index (κ1) is 13.9. The van der Waals surface area contributed by atoms with Gasteiger partial charge in [0.15, 0.2) is 0 Å². The number of carbonyl (C=O) groups is 1. The van der Waals surface area contributed by atoms with Crippen LogP contribution in [0.4, 0.5) is 0 Å². The van der Waals surface area contributed by atoms with Crippen LogP contribution in [0.15, 0.2) is 33.6 Å². The lowest BCUT2D eigenvalue weighted by atomic mass is 9.97. The molecule has 1 aromatic rings. The van der Waals surface area contributed by atoms with Gasteiger partial charge in [-0.2, -0.15) is 0 Å². The van der Waals surface area contributed by atoms with Gasteiger partial charge in [-0.3, -0.25) is 4.79 Å². The lowest BCUT2D eigenvalue weighted by molar-refractivity contribution is -0.146. The fraction of sp³-hybridized carbons (Fsp3) is 0.462. The number of benzene rings is 1. The minimum atomic E-state index is -0.846. The lowest BCUT2D eigenvalue weighted by Crippen LogP contribution is -2.53. The Labute approximate surface area is 120 Å². The Bertz CT molecular complexity index is 450. The molecule has 0 aliphatic heterocycles. The largest absolute Gasteiger partial charge is 0.468 e. The second-order valence-electron chi connectivity index (χ2n) is 4.55. The van der Waals surface area contributed by atoms with Crippen molar-refractivity contribution in [1.29, 1.82) is 0 Å². The summed E-state index contributed by atoms with van der Waals surface area (Å²) in [5, 5.41) is 0. The molecule has 0 spiro atoms.